The van der Waals surface area contributed by atoms with Gasteiger partial charge in [-0.1, -0.05) is 13.8 Å². The van der Waals surface area contributed by atoms with Crippen LogP contribution in [0.5, 0.6) is 0 Å². The summed E-state index contributed by atoms with van der Waals surface area (Å²) in [6.07, 6.45) is 0.328. The summed E-state index contributed by atoms with van der Waals surface area (Å²) in [5, 5.41) is 11.4. The number of aliphatic carboxylic acids is 1. The van der Waals surface area contributed by atoms with Gasteiger partial charge in [0.15, 0.2) is 0 Å². The maximum atomic E-state index is 11.7. The predicted molar refractivity (Wildman–Crippen MR) is 68.7 cm³/mol. The van der Waals surface area contributed by atoms with Gasteiger partial charge in [-0.2, -0.15) is 0 Å². The van der Waals surface area contributed by atoms with Crippen LogP contribution in [0, 0.1) is 5.92 Å². The van der Waals surface area contributed by atoms with Gasteiger partial charge in [0.05, 0.1) is 6.61 Å². The fraction of sp³-hybridized carbons (Fsp3) is 0.750. The molecule has 0 aliphatic carbocycles. The number of carbonyl (C=O) groups excluding carboxylic acids is 2. The zero-order chi connectivity index (χ0) is 15.0. The van der Waals surface area contributed by atoms with Crippen LogP contribution in [-0.4, -0.2) is 54.2 Å². The van der Waals surface area contributed by atoms with E-state index >= 15 is 0 Å². The molecule has 0 aromatic rings. The fourth-order valence-electron chi connectivity index (χ4n) is 1.42. The van der Waals surface area contributed by atoms with Gasteiger partial charge < -0.3 is 20.1 Å². The lowest BCUT2D eigenvalue weighted by Gasteiger charge is -2.21. The molecule has 7 nitrogen and oxygen atoms in total. The van der Waals surface area contributed by atoms with E-state index in [0.717, 1.165) is 4.90 Å². The van der Waals surface area contributed by atoms with Crippen molar-refractivity contribution in [1.29, 1.82) is 0 Å². The minimum Gasteiger partial charge on any atom is -0.480 e. The van der Waals surface area contributed by atoms with E-state index in [4.69, 9.17) is 9.84 Å². The second kappa shape index (κ2) is 8.34. The Bertz CT molecular complexity index is 330. The third-order valence-electron chi connectivity index (χ3n) is 2.32. The number of urea groups is 1. The van der Waals surface area contributed by atoms with Gasteiger partial charge in [-0.3, -0.25) is 4.79 Å². The number of ether oxygens (including phenoxy) is 1. The predicted octanol–water partition coefficient (Wildman–Crippen LogP) is 0.690. The zero-order valence-corrected chi connectivity index (χ0v) is 11.8. The fourth-order valence-corrected chi connectivity index (χ4v) is 1.42. The Kier molecular flexibility index (Phi) is 7.55. The summed E-state index contributed by atoms with van der Waals surface area (Å²) in [5.41, 5.74) is 0. The molecule has 0 aliphatic rings. The number of carbonyl (C=O) groups is 3. The summed E-state index contributed by atoms with van der Waals surface area (Å²) in [6, 6.07) is -1.57. The van der Waals surface area contributed by atoms with E-state index in [2.05, 4.69) is 5.32 Å². The second-order valence-corrected chi connectivity index (χ2v) is 4.63. The molecule has 2 amide bonds. The van der Waals surface area contributed by atoms with Crippen LogP contribution in [0.4, 0.5) is 4.79 Å². The molecule has 0 rings (SSSR count). The Hall–Kier alpha value is -1.79. The van der Waals surface area contributed by atoms with E-state index in [0.29, 0.717) is 6.42 Å². The SMILES string of the molecule is CCOC(=O)CN(C)C(=O)N[C@@H](CC(C)C)C(=O)O. The molecule has 0 heterocycles. The highest BCUT2D eigenvalue weighted by atomic mass is 16.5. The number of nitrogens with zero attached hydrogens (tertiary/aromatic N) is 1. The van der Waals surface area contributed by atoms with Crippen molar-refractivity contribution in [2.75, 3.05) is 20.2 Å². The summed E-state index contributed by atoms with van der Waals surface area (Å²) in [7, 11) is 1.40. The van der Waals surface area contributed by atoms with E-state index in [9.17, 15) is 14.4 Å². The molecule has 19 heavy (non-hydrogen) atoms. The second-order valence-electron chi connectivity index (χ2n) is 4.63. The van der Waals surface area contributed by atoms with Crippen molar-refractivity contribution in [2.45, 2.75) is 33.2 Å². The molecular weight excluding hydrogens is 252 g/mol. The van der Waals surface area contributed by atoms with Crippen molar-refractivity contribution in [1.82, 2.24) is 10.2 Å². The van der Waals surface area contributed by atoms with Crippen molar-refractivity contribution in [2.24, 2.45) is 5.92 Å². The van der Waals surface area contributed by atoms with Crippen molar-refractivity contribution in [3.05, 3.63) is 0 Å². The topological polar surface area (TPSA) is 95.9 Å². The smallest absolute Gasteiger partial charge is 0.326 e. The van der Waals surface area contributed by atoms with Crippen LogP contribution in [0.3, 0.4) is 0 Å². The molecule has 0 aliphatic heterocycles. The standard InChI is InChI=1S/C12H22N2O5/c1-5-19-10(15)7-14(4)12(18)13-9(11(16)17)6-8(2)3/h8-9H,5-7H2,1-4H3,(H,13,18)(H,16,17)/t9-/m0/s1. The first-order chi connectivity index (χ1) is 8.77. The number of esters is 1. The molecule has 0 saturated carbocycles. The number of amides is 2. The largest absolute Gasteiger partial charge is 0.480 e. The first-order valence-corrected chi connectivity index (χ1v) is 6.18. The number of nitrogens with one attached hydrogen (secondary N) is 1. The highest BCUT2D eigenvalue weighted by molar-refractivity contribution is 5.84. The Morgan fingerprint density at radius 3 is 2.32 bits per heavy atom. The van der Waals surface area contributed by atoms with E-state index in [1.807, 2.05) is 13.8 Å². The van der Waals surface area contributed by atoms with Crippen LogP contribution in [0.25, 0.3) is 0 Å². The molecule has 0 bridgehead atoms. The van der Waals surface area contributed by atoms with Crippen LogP contribution in [0.1, 0.15) is 27.2 Å². The average molecular weight is 274 g/mol. The monoisotopic (exact) mass is 274 g/mol. The summed E-state index contributed by atoms with van der Waals surface area (Å²) < 4.78 is 4.70. The molecule has 1 atom stereocenters. The lowest BCUT2D eigenvalue weighted by molar-refractivity contribution is -0.143. The van der Waals surface area contributed by atoms with Crippen molar-refractivity contribution >= 4 is 18.0 Å². The van der Waals surface area contributed by atoms with E-state index in [-0.39, 0.29) is 19.1 Å². The average Bonchev–Trinajstić information content (AvgIpc) is 2.27. The summed E-state index contributed by atoms with van der Waals surface area (Å²) in [6.45, 7) is 5.42. The van der Waals surface area contributed by atoms with Crippen LogP contribution in [-0.2, 0) is 14.3 Å². The quantitative estimate of drug-likeness (QED) is 0.666. The third kappa shape index (κ3) is 7.28. The van der Waals surface area contributed by atoms with Gasteiger partial charge >= 0.3 is 18.0 Å². The molecule has 0 radical (unpaired) electrons. The zero-order valence-electron chi connectivity index (χ0n) is 11.8. The number of rotatable bonds is 7. The van der Waals surface area contributed by atoms with Crippen molar-refractivity contribution in [3.8, 4) is 0 Å². The Balaban J connectivity index is 4.39. The van der Waals surface area contributed by atoms with E-state index in [1.54, 1.807) is 6.92 Å². The van der Waals surface area contributed by atoms with Gasteiger partial charge in [-0.05, 0) is 19.3 Å². The lowest BCUT2D eigenvalue weighted by Crippen LogP contribution is -2.48. The normalized spacial score (nSPS) is 11.8. The summed E-state index contributed by atoms with van der Waals surface area (Å²) in [5.74, 6) is -1.49. The molecule has 7 heteroatoms. The number of hydrogen-bond donors (Lipinski definition) is 2. The molecule has 0 fully saturated rings. The van der Waals surface area contributed by atoms with Gasteiger partial charge in [0.1, 0.15) is 12.6 Å². The molecule has 110 valence electrons. The number of carboxylic acids is 1. The Labute approximate surface area is 112 Å². The summed E-state index contributed by atoms with van der Waals surface area (Å²) >= 11 is 0. The van der Waals surface area contributed by atoms with Gasteiger partial charge in [-0.25, -0.2) is 9.59 Å². The van der Waals surface area contributed by atoms with Crippen LogP contribution >= 0.6 is 0 Å². The first kappa shape index (κ1) is 17.2. The van der Waals surface area contributed by atoms with Crippen molar-refractivity contribution in [3.63, 3.8) is 0 Å². The minimum atomic E-state index is -1.09. The third-order valence-corrected chi connectivity index (χ3v) is 2.32. The molecule has 0 unspecified atom stereocenters. The number of carboxylic acid groups (broad SMARTS) is 1. The van der Waals surface area contributed by atoms with E-state index in [1.165, 1.54) is 7.05 Å². The number of likely N-dealkylation sites (N-methyl/N-ethyl adjacent to an activating group) is 1. The first-order valence-electron chi connectivity index (χ1n) is 6.18. The highest BCUT2D eigenvalue weighted by Gasteiger charge is 2.23. The van der Waals surface area contributed by atoms with Crippen molar-refractivity contribution < 1.29 is 24.2 Å². The highest BCUT2D eigenvalue weighted by Crippen LogP contribution is 2.05. The maximum absolute atomic E-state index is 11.7. The van der Waals surface area contributed by atoms with Gasteiger partial charge in [-0.15, -0.1) is 0 Å². The molecule has 0 spiro atoms. The Morgan fingerprint density at radius 1 is 1.32 bits per heavy atom. The molecule has 2 N–H and O–H groups in total. The van der Waals surface area contributed by atoms with Crippen LogP contribution < -0.4 is 5.32 Å². The van der Waals surface area contributed by atoms with Gasteiger partial charge in [0.25, 0.3) is 0 Å². The van der Waals surface area contributed by atoms with Gasteiger partial charge in [0, 0.05) is 7.05 Å². The molecule has 0 aromatic heterocycles. The summed E-state index contributed by atoms with van der Waals surface area (Å²) in [4.78, 5) is 35.0. The van der Waals surface area contributed by atoms with Gasteiger partial charge in [0.2, 0.25) is 0 Å². The molecule has 0 aromatic carbocycles. The van der Waals surface area contributed by atoms with Crippen LogP contribution in [0.15, 0.2) is 0 Å². The maximum Gasteiger partial charge on any atom is 0.326 e. The Morgan fingerprint density at radius 2 is 1.89 bits per heavy atom. The minimum absolute atomic E-state index is 0.136. The molecule has 0 saturated heterocycles. The van der Waals surface area contributed by atoms with Crippen LogP contribution in [0.2, 0.25) is 0 Å². The number of hydrogen-bond acceptors (Lipinski definition) is 4. The molecular formula is C12H22N2O5. The van der Waals surface area contributed by atoms with E-state index < -0.39 is 24.0 Å². The lowest BCUT2D eigenvalue weighted by atomic mass is 10.0.